The van der Waals surface area contributed by atoms with E-state index in [0.29, 0.717) is 11.4 Å². The molecule has 0 saturated heterocycles. The highest BCUT2D eigenvalue weighted by atomic mass is 16.2. The molecule has 1 aromatic carbocycles. The topological polar surface area (TPSA) is 52.0 Å². The molecule has 0 unspecified atom stereocenters. The number of ketones is 2. The van der Waals surface area contributed by atoms with Crippen LogP contribution in [0.1, 0.15) is 22.1 Å². The Balaban J connectivity index is 2.05. The van der Waals surface area contributed by atoms with Gasteiger partial charge in [-0.25, -0.2) is 4.98 Å². The Labute approximate surface area is 104 Å². The van der Waals surface area contributed by atoms with Gasteiger partial charge >= 0.3 is 0 Å². The second kappa shape index (κ2) is 4.07. The lowest BCUT2D eigenvalue weighted by atomic mass is 9.91. The smallest absolute Gasteiger partial charge is 0.181 e. The van der Waals surface area contributed by atoms with E-state index in [1.165, 1.54) is 6.08 Å². The first kappa shape index (κ1) is 10.7. The molecule has 1 aliphatic heterocycles. The quantitative estimate of drug-likeness (QED) is 0.593. The minimum absolute atomic E-state index is 0.211. The van der Waals surface area contributed by atoms with Gasteiger partial charge in [0.25, 0.3) is 0 Å². The van der Waals surface area contributed by atoms with E-state index >= 15 is 0 Å². The summed E-state index contributed by atoms with van der Waals surface area (Å²) in [6.07, 6.45) is 6.35. The second-order valence-corrected chi connectivity index (χ2v) is 4.07. The Kier molecular flexibility index (Phi) is 2.41. The number of fused-ring (bicyclic) bond motifs is 1. The average Bonchev–Trinajstić information content (AvgIpc) is 2.87. The summed E-state index contributed by atoms with van der Waals surface area (Å²) < 4.78 is 1.70. The molecule has 0 amide bonds. The predicted molar refractivity (Wildman–Crippen MR) is 66.1 cm³/mol. The Morgan fingerprint density at radius 1 is 1.22 bits per heavy atom. The summed E-state index contributed by atoms with van der Waals surface area (Å²) in [6, 6.07) is 8.81. The van der Waals surface area contributed by atoms with Crippen LogP contribution >= 0.6 is 0 Å². The third kappa shape index (κ3) is 1.59. The fourth-order valence-electron chi connectivity index (χ4n) is 2.07. The van der Waals surface area contributed by atoms with Crippen LogP contribution in [-0.4, -0.2) is 21.1 Å². The van der Waals surface area contributed by atoms with Crippen molar-refractivity contribution in [3.63, 3.8) is 0 Å². The van der Waals surface area contributed by atoms with Crippen molar-refractivity contribution in [3.8, 4) is 0 Å². The van der Waals surface area contributed by atoms with E-state index < -0.39 is 5.92 Å². The van der Waals surface area contributed by atoms with Crippen LogP contribution in [0.25, 0.3) is 6.20 Å². The molecule has 0 aliphatic carbocycles. The molecule has 2 heterocycles. The van der Waals surface area contributed by atoms with Crippen LogP contribution < -0.4 is 0 Å². The van der Waals surface area contributed by atoms with E-state index in [1.807, 2.05) is 6.07 Å². The number of benzene rings is 1. The first-order valence-corrected chi connectivity index (χ1v) is 5.61. The Morgan fingerprint density at radius 2 is 2.00 bits per heavy atom. The van der Waals surface area contributed by atoms with Crippen molar-refractivity contribution < 1.29 is 9.59 Å². The van der Waals surface area contributed by atoms with Crippen molar-refractivity contribution in [2.24, 2.45) is 0 Å². The lowest BCUT2D eigenvalue weighted by molar-refractivity contribution is -0.115. The van der Waals surface area contributed by atoms with Crippen molar-refractivity contribution in [1.29, 1.82) is 0 Å². The molecule has 0 bridgehead atoms. The van der Waals surface area contributed by atoms with Gasteiger partial charge in [-0.3, -0.25) is 9.59 Å². The number of aromatic nitrogens is 2. The zero-order chi connectivity index (χ0) is 12.5. The Bertz CT molecular complexity index is 641. The van der Waals surface area contributed by atoms with Crippen LogP contribution in [0, 0.1) is 0 Å². The number of allylic oxidation sites excluding steroid dienone is 1. The maximum atomic E-state index is 12.4. The van der Waals surface area contributed by atoms with Gasteiger partial charge in [0.1, 0.15) is 11.7 Å². The molecular formula is C14H10N2O2. The fourth-order valence-corrected chi connectivity index (χ4v) is 2.07. The third-order valence-electron chi connectivity index (χ3n) is 2.96. The SMILES string of the molecule is O=C1C=Cn2ccnc2[C@@H]1C(=O)c1ccccc1. The molecule has 18 heavy (non-hydrogen) atoms. The van der Waals surface area contributed by atoms with Gasteiger partial charge < -0.3 is 4.57 Å². The number of rotatable bonds is 2. The standard InChI is InChI=1S/C14H10N2O2/c17-11-6-8-16-9-7-15-14(16)12(11)13(18)10-4-2-1-3-5-10/h1-9,12H/t12-/m0/s1. The fraction of sp³-hybridized carbons (Fsp3) is 0.0714. The lowest BCUT2D eigenvalue weighted by Gasteiger charge is -2.16. The van der Waals surface area contributed by atoms with Gasteiger partial charge in [0.2, 0.25) is 0 Å². The Morgan fingerprint density at radius 3 is 2.78 bits per heavy atom. The van der Waals surface area contributed by atoms with Gasteiger partial charge in [-0.2, -0.15) is 0 Å². The van der Waals surface area contributed by atoms with Crippen LogP contribution in [0.3, 0.4) is 0 Å². The minimum Gasteiger partial charge on any atom is -0.309 e. The van der Waals surface area contributed by atoms with E-state index in [0.717, 1.165) is 0 Å². The third-order valence-corrected chi connectivity index (χ3v) is 2.96. The highest BCUT2D eigenvalue weighted by Gasteiger charge is 2.33. The van der Waals surface area contributed by atoms with E-state index in [9.17, 15) is 9.59 Å². The van der Waals surface area contributed by atoms with Gasteiger partial charge in [0, 0.05) is 24.2 Å². The number of carbonyl (C=O) groups is 2. The monoisotopic (exact) mass is 238 g/mol. The summed E-state index contributed by atoms with van der Waals surface area (Å²) in [5.74, 6) is -0.774. The maximum Gasteiger partial charge on any atom is 0.181 e. The number of imidazole rings is 1. The van der Waals surface area contributed by atoms with Crippen molar-refractivity contribution in [2.45, 2.75) is 5.92 Å². The summed E-state index contributed by atoms with van der Waals surface area (Å²) in [6.45, 7) is 0. The highest BCUT2D eigenvalue weighted by molar-refractivity contribution is 6.19. The van der Waals surface area contributed by atoms with Crippen LogP contribution in [-0.2, 0) is 4.79 Å². The van der Waals surface area contributed by atoms with Gasteiger partial charge in [-0.1, -0.05) is 30.3 Å². The molecule has 0 fully saturated rings. The molecule has 1 aliphatic rings. The zero-order valence-electron chi connectivity index (χ0n) is 9.48. The number of carbonyl (C=O) groups excluding carboxylic acids is 2. The number of hydrogen-bond donors (Lipinski definition) is 0. The van der Waals surface area contributed by atoms with Crippen molar-refractivity contribution >= 4 is 17.8 Å². The summed E-state index contributed by atoms with van der Waals surface area (Å²) in [5.41, 5.74) is 0.528. The van der Waals surface area contributed by atoms with Crippen LogP contribution in [0.4, 0.5) is 0 Å². The molecule has 0 saturated carbocycles. The normalized spacial score (nSPS) is 17.6. The van der Waals surface area contributed by atoms with Crippen LogP contribution in [0.5, 0.6) is 0 Å². The lowest BCUT2D eigenvalue weighted by Crippen LogP contribution is -2.26. The van der Waals surface area contributed by atoms with Crippen molar-refractivity contribution in [3.05, 3.63) is 60.2 Å². The first-order valence-electron chi connectivity index (χ1n) is 5.61. The number of hydrogen-bond acceptors (Lipinski definition) is 3. The molecule has 1 atom stereocenters. The largest absolute Gasteiger partial charge is 0.309 e. The average molecular weight is 238 g/mol. The second-order valence-electron chi connectivity index (χ2n) is 4.07. The summed E-state index contributed by atoms with van der Waals surface area (Å²) in [7, 11) is 0. The van der Waals surface area contributed by atoms with Gasteiger partial charge in [-0.15, -0.1) is 0 Å². The number of nitrogens with zero attached hydrogens (tertiary/aromatic N) is 2. The maximum absolute atomic E-state index is 12.4. The van der Waals surface area contributed by atoms with E-state index in [-0.39, 0.29) is 11.6 Å². The van der Waals surface area contributed by atoms with E-state index in [2.05, 4.69) is 4.98 Å². The molecule has 4 heteroatoms. The summed E-state index contributed by atoms with van der Waals surface area (Å²) in [4.78, 5) is 28.4. The molecule has 4 nitrogen and oxygen atoms in total. The van der Waals surface area contributed by atoms with Gasteiger partial charge in [-0.05, 0) is 6.08 Å². The molecule has 0 N–H and O–H groups in total. The van der Waals surface area contributed by atoms with Crippen LogP contribution in [0.15, 0.2) is 48.8 Å². The molecule has 1 aromatic heterocycles. The van der Waals surface area contributed by atoms with E-state index in [1.54, 1.807) is 47.4 Å². The predicted octanol–water partition coefficient (Wildman–Crippen LogP) is 1.90. The molecule has 0 radical (unpaired) electrons. The molecule has 88 valence electrons. The van der Waals surface area contributed by atoms with E-state index in [4.69, 9.17) is 0 Å². The summed E-state index contributed by atoms with van der Waals surface area (Å²) in [5, 5.41) is 0. The zero-order valence-corrected chi connectivity index (χ0v) is 9.48. The highest BCUT2D eigenvalue weighted by Crippen LogP contribution is 2.24. The summed E-state index contributed by atoms with van der Waals surface area (Å²) >= 11 is 0. The van der Waals surface area contributed by atoms with Crippen molar-refractivity contribution in [1.82, 2.24) is 9.55 Å². The molecular weight excluding hydrogens is 228 g/mol. The Hall–Kier alpha value is -2.49. The first-order chi connectivity index (χ1) is 8.77. The van der Waals surface area contributed by atoms with Gasteiger partial charge in [0.05, 0.1) is 0 Å². The molecule has 2 aromatic rings. The number of Topliss-reactive ketones (excluding diaryl/α,β-unsaturated/α-hetero) is 1. The van der Waals surface area contributed by atoms with Crippen LogP contribution in [0.2, 0.25) is 0 Å². The van der Waals surface area contributed by atoms with Gasteiger partial charge in [0.15, 0.2) is 11.6 Å². The minimum atomic E-state index is -0.826. The molecule has 0 spiro atoms. The van der Waals surface area contributed by atoms with Crippen molar-refractivity contribution in [2.75, 3.05) is 0 Å². The molecule has 3 rings (SSSR count).